The Hall–Kier alpha value is -1.26. The number of carbonyl (C=O) groups is 1. The minimum absolute atomic E-state index is 0.0182. The van der Waals surface area contributed by atoms with Crippen LogP contribution < -0.4 is 10.1 Å². The van der Waals surface area contributed by atoms with E-state index >= 15 is 0 Å². The van der Waals surface area contributed by atoms with Gasteiger partial charge in [-0.2, -0.15) is 0 Å². The molecule has 0 radical (unpaired) electrons. The van der Waals surface area contributed by atoms with Gasteiger partial charge in [-0.25, -0.2) is 0 Å². The van der Waals surface area contributed by atoms with Crippen molar-refractivity contribution in [1.82, 2.24) is 10.2 Å². The quantitative estimate of drug-likeness (QED) is 0.878. The van der Waals surface area contributed by atoms with E-state index in [0.29, 0.717) is 10.8 Å². The molecule has 4 nitrogen and oxygen atoms in total. The van der Waals surface area contributed by atoms with Crippen molar-refractivity contribution in [2.45, 2.75) is 37.8 Å². The zero-order chi connectivity index (χ0) is 14.9. The van der Waals surface area contributed by atoms with Gasteiger partial charge in [0.1, 0.15) is 5.75 Å². The van der Waals surface area contributed by atoms with Gasteiger partial charge in [-0.1, -0.05) is 23.7 Å². The van der Waals surface area contributed by atoms with Gasteiger partial charge in [-0.15, -0.1) is 0 Å². The first kappa shape index (κ1) is 14.7. The maximum Gasteiger partial charge on any atom is 0.261 e. The average Bonchev–Trinajstić information content (AvgIpc) is 3.17. The van der Waals surface area contributed by atoms with Crippen molar-refractivity contribution >= 4 is 17.5 Å². The van der Waals surface area contributed by atoms with Gasteiger partial charge in [0.25, 0.3) is 5.91 Å². The molecular formula is C16H21ClN2O2. The van der Waals surface area contributed by atoms with Crippen molar-refractivity contribution in [3.8, 4) is 5.75 Å². The summed E-state index contributed by atoms with van der Waals surface area (Å²) in [6.45, 7) is 5.04. The number of hydrogen-bond donors (Lipinski definition) is 1. The Kier molecular flexibility index (Phi) is 4.09. The third-order valence-corrected chi connectivity index (χ3v) is 4.54. The molecular weight excluding hydrogens is 288 g/mol. The summed E-state index contributed by atoms with van der Waals surface area (Å²) in [7, 11) is 0. The number of rotatable bonds is 6. The third kappa shape index (κ3) is 3.50. The fourth-order valence-electron chi connectivity index (χ4n) is 2.59. The summed E-state index contributed by atoms with van der Waals surface area (Å²) in [6, 6.07) is 7.22. The predicted molar refractivity (Wildman–Crippen MR) is 82.7 cm³/mol. The number of para-hydroxylation sites is 1. The van der Waals surface area contributed by atoms with Crippen LogP contribution in [0.1, 0.15) is 26.2 Å². The third-order valence-electron chi connectivity index (χ3n) is 4.23. The van der Waals surface area contributed by atoms with Gasteiger partial charge >= 0.3 is 0 Å². The number of ether oxygens (including phenoxy) is 1. The van der Waals surface area contributed by atoms with Crippen LogP contribution in [0.5, 0.6) is 5.75 Å². The summed E-state index contributed by atoms with van der Waals surface area (Å²) in [5.74, 6) is 0.488. The van der Waals surface area contributed by atoms with Crippen molar-refractivity contribution in [3.63, 3.8) is 0 Å². The highest BCUT2D eigenvalue weighted by atomic mass is 35.5. The normalized spacial score (nSPS) is 21.2. The fourth-order valence-corrected chi connectivity index (χ4v) is 2.77. The Labute approximate surface area is 130 Å². The lowest BCUT2D eigenvalue weighted by Gasteiger charge is -2.35. The van der Waals surface area contributed by atoms with E-state index in [-0.39, 0.29) is 11.4 Å². The number of likely N-dealkylation sites (tertiary alicyclic amines) is 1. The molecule has 2 fully saturated rings. The van der Waals surface area contributed by atoms with Gasteiger partial charge in [0.05, 0.1) is 10.6 Å². The van der Waals surface area contributed by atoms with Crippen LogP contribution in [0, 0.1) is 0 Å². The molecule has 0 unspecified atom stereocenters. The molecule has 1 atom stereocenters. The van der Waals surface area contributed by atoms with Crippen LogP contribution in [0.3, 0.4) is 0 Å². The summed E-state index contributed by atoms with van der Waals surface area (Å²) in [5, 5.41) is 3.68. The Balaban J connectivity index is 1.54. The number of halogens is 1. The van der Waals surface area contributed by atoms with Gasteiger partial charge in [0.2, 0.25) is 0 Å². The van der Waals surface area contributed by atoms with Crippen molar-refractivity contribution in [1.29, 1.82) is 0 Å². The zero-order valence-corrected chi connectivity index (χ0v) is 13.0. The Morgan fingerprint density at radius 3 is 2.71 bits per heavy atom. The van der Waals surface area contributed by atoms with E-state index in [1.807, 2.05) is 12.1 Å². The highest BCUT2D eigenvalue weighted by Crippen LogP contribution is 2.37. The molecule has 1 aromatic carbocycles. The Bertz CT molecular complexity index is 527. The molecule has 3 rings (SSSR count). The van der Waals surface area contributed by atoms with E-state index in [2.05, 4.69) is 10.2 Å². The number of amides is 1. The first-order valence-electron chi connectivity index (χ1n) is 7.54. The smallest absolute Gasteiger partial charge is 0.261 e. The van der Waals surface area contributed by atoms with Gasteiger partial charge < -0.3 is 15.0 Å². The standard InChI is InChI=1S/C16H21ClN2O2/c1-12(21-14-6-3-2-5-13(14)17)15(20)18-16(7-8-16)11-19-9-4-10-19/h2-3,5-6,12H,4,7-11H2,1H3,(H,18,20)/t12-/m0/s1. The van der Waals surface area contributed by atoms with E-state index in [9.17, 15) is 4.79 Å². The predicted octanol–water partition coefficient (Wildman–Crippen LogP) is 2.46. The molecule has 1 aromatic rings. The monoisotopic (exact) mass is 308 g/mol. The molecule has 1 N–H and O–H groups in total. The molecule has 0 aromatic heterocycles. The van der Waals surface area contributed by atoms with Crippen molar-refractivity contribution in [2.24, 2.45) is 0 Å². The summed E-state index contributed by atoms with van der Waals surface area (Å²) in [5.41, 5.74) is -0.0182. The number of nitrogens with zero attached hydrogens (tertiary/aromatic N) is 1. The molecule has 5 heteroatoms. The molecule has 21 heavy (non-hydrogen) atoms. The summed E-state index contributed by atoms with van der Waals surface area (Å²) < 4.78 is 5.67. The second-order valence-corrected chi connectivity index (χ2v) is 6.50. The number of carbonyl (C=O) groups excluding carboxylic acids is 1. The Morgan fingerprint density at radius 1 is 1.43 bits per heavy atom. The van der Waals surface area contributed by atoms with Crippen molar-refractivity contribution in [2.75, 3.05) is 19.6 Å². The van der Waals surface area contributed by atoms with Gasteiger partial charge in [0, 0.05) is 6.54 Å². The minimum atomic E-state index is -0.543. The van der Waals surface area contributed by atoms with Crippen molar-refractivity contribution in [3.05, 3.63) is 29.3 Å². The highest BCUT2D eigenvalue weighted by Gasteiger charge is 2.46. The molecule has 1 heterocycles. The molecule has 1 aliphatic carbocycles. The summed E-state index contributed by atoms with van der Waals surface area (Å²) >= 11 is 6.05. The van der Waals surface area contributed by atoms with Crippen LogP contribution in [0.25, 0.3) is 0 Å². The second-order valence-electron chi connectivity index (χ2n) is 6.09. The van der Waals surface area contributed by atoms with Crippen molar-refractivity contribution < 1.29 is 9.53 Å². The SMILES string of the molecule is C[C@H](Oc1ccccc1Cl)C(=O)NC1(CN2CCC2)CC1. The first-order chi connectivity index (χ1) is 10.1. The molecule has 1 saturated heterocycles. The van der Waals surface area contributed by atoms with Crippen LogP contribution in [-0.2, 0) is 4.79 Å². The lowest BCUT2D eigenvalue weighted by atomic mass is 10.1. The lowest BCUT2D eigenvalue weighted by Crippen LogP contribution is -2.52. The topological polar surface area (TPSA) is 41.6 Å². The summed E-state index contributed by atoms with van der Waals surface area (Å²) in [6.07, 6.45) is 2.86. The maximum atomic E-state index is 12.3. The van der Waals surface area contributed by atoms with E-state index in [1.54, 1.807) is 19.1 Å². The molecule has 2 aliphatic rings. The minimum Gasteiger partial charge on any atom is -0.479 e. The fraction of sp³-hybridized carbons (Fsp3) is 0.562. The number of hydrogen-bond acceptors (Lipinski definition) is 3. The molecule has 1 aliphatic heterocycles. The van der Waals surface area contributed by atoms with Crippen LogP contribution in [0.2, 0.25) is 5.02 Å². The number of nitrogens with one attached hydrogen (secondary N) is 1. The van der Waals surface area contributed by atoms with Gasteiger partial charge in [-0.3, -0.25) is 4.79 Å². The van der Waals surface area contributed by atoms with E-state index in [1.165, 1.54) is 6.42 Å². The summed E-state index contributed by atoms with van der Waals surface area (Å²) in [4.78, 5) is 14.7. The molecule has 114 valence electrons. The molecule has 0 bridgehead atoms. The second kappa shape index (κ2) is 5.85. The van der Waals surface area contributed by atoms with E-state index in [0.717, 1.165) is 32.5 Å². The van der Waals surface area contributed by atoms with E-state index < -0.39 is 6.10 Å². The van der Waals surface area contributed by atoms with Gasteiger partial charge in [0.15, 0.2) is 6.10 Å². The van der Waals surface area contributed by atoms with Crippen LogP contribution >= 0.6 is 11.6 Å². The van der Waals surface area contributed by atoms with Crippen LogP contribution in [0.15, 0.2) is 24.3 Å². The molecule has 1 saturated carbocycles. The average molecular weight is 309 g/mol. The first-order valence-corrected chi connectivity index (χ1v) is 7.91. The number of benzene rings is 1. The largest absolute Gasteiger partial charge is 0.479 e. The zero-order valence-electron chi connectivity index (χ0n) is 12.3. The highest BCUT2D eigenvalue weighted by molar-refractivity contribution is 6.32. The Morgan fingerprint density at radius 2 is 2.14 bits per heavy atom. The van der Waals surface area contributed by atoms with Gasteiger partial charge in [-0.05, 0) is 51.4 Å². The van der Waals surface area contributed by atoms with E-state index in [4.69, 9.17) is 16.3 Å². The van der Waals surface area contributed by atoms with Crippen LogP contribution in [0.4, 0.5) is 0 Å². The molecule has 1 amide bonds. The maximum absolute atomic E-state index is 12.3. The lowest BCUT2D eigenvalue weighted by molar-refractivity contribution is -0.128. The molecule has 0 spiro atoms. The van der Waals surface area contributed by atoms with Crippen LogP contribution in [-0.4, -0.2) is 42.1 Å².